The van der Waals surface area contributed by atoms with Crippen LogP contribution in [0, 0.1) is 11.3 Å². The van der Waals surface area contributed by atoms with Crippen molar-refractivity contribution < 1.29 is 9.47 Å². The zero-order valence-electron chi connectivity index (χ0n) is 9.27. The van der Waals surface area contributed by atoms with Gasteiger partial charge in [-0.05, 0) is 12.1 Å². The highest BCUT2D eigenvalue weighted by Gasteiger charge is 2.13. The number of methoxy groups -OCH3 is 1. The first-order valence-electron chi connectivity index (χ1n) is 5.26. The van der Waals surface area contributed by atoms with Crippen LogP contribution in [-0.4, -0.2) is 33.4 Å². The quantitative estimate of drug-likeness (QED) is 0.752. The van der Waals surface area contributed by atoms with Gasteiger partial charge in [0.2, 0.25) is 0 Å². The van der Waals surface area contributed by atoms with Gasteiger partial charge in [0.1, 0.15) is 11.8 Å². The summed E-state index contributed by atoms with van der Waals surface area (Å²) in [7, 11) is 1.58. The number of benzene rings is 1. The molecule has 0 amide bonds. The van der Waals surface area contributed by atoms with Crippen LogP contribution in [0.3, 0.4) is 0 Å². The summed E-state index contributed by atoms with van der Waals surface area (Å²) < 4.78 is 10.5. The lowest BCUT2D eigenvalue weighted by Gasteiger charge is -2.29. The maximum Gasteiger partial charge on any atom is 0.138 e. The first-order chi connectivity index (χ1) is 7.85. The molecular formula is C12H14N2O2. The zero-order chi connectivity index (χ0) is 11.4. The molecule has 16 heavy (non-hydrogen) atoms. The van der Waals surface area contributed by atoms with Gasteiger partial charge in [0, 0.05) is 24.8 Å². The third-order valence-electron chi connectivity index (χ3n) is 2.68. The molecule has 84 valence electrons. The second-order valence-corrected chi connectivity index (χ2v) is 3.60. The Balaban J connectivity index is 2.25. The van der Waals surface area contributed by atoms with Crippen molar-refractivity contribution in [2.75, 3.05) is 38.3 Å². The Morgan fingerprint density at radius 2 is 2.12 bits per heavy atom. The SMILES string of the molecule is COc1cc(N2CCOCC2)ccc1C#N. The van der Waals surface area contributed by atoms with Gasteiger partial charge in [-0.1, -0.05) is 0 Å². The van der Waals surface area contributed by atoms with E-state index in [1.165, 1.54) is 0 Å². The molecule has 4 nitrogen and oxygen atoms in total. The minimum Gasteiger partial charge on any atom is -0.495 e. The summed E-state index contributed by atoms with van der Waals surface area (Å²) in [6.07, 6.45) is 0. The van der Waals surface area contributed by atoms with E-state index < -0.39 is 0 Å². The number of nitrogens with zero attached hydrogens (tertiary/aromatic N) is 2. The number of hydrogen-bond donors (Lipinski definition) is 0. The van der Waals surface area contributed by atoms with Crippen molar-refractivity contribution in [1.82, 2.24) is 0 Å². The van der Waals surface area contributed by atoms with Crippen molar-refractivity contribution in [3.05, 3.63) is 23.8 Å². The molecule has 4 heteroatoms. The predicted molar refractivity (Wildman–Crippen MR) is 60.7 cm³/mol. The Bertz CT molecular complexity index is 406. The minimum absolute atomic E-state index is 0.569. The molecule has 0 aliphatic carbocycles. The van der Waals surface area contributed by atoms with E-state index >= 15 is 0 Å². The van der Waals surface area contributed by atoms with E-state index in [-0.39, 0.29) is 0 Å². The normalized spacial score (nSPS) is 15.6. The lowest BCUT2D eigenvalue weighted by atomic mass is 10.2. The third-order valence-corrected chi connectivity index (χ3v) is 2.68. The predicted octanol–water partition coefficient (Wildman–Crippen LogP) is 1.40. The molecule has 0 bridgehead atoms. The standard InChI is InChI=1S/C12H14N2O2/c1-15-12-8-11(3-2-10(12)9-13)14-4-6-16-7-5-14/h2-3,8H,4-7H2,1H3. The van der Waals surface area contributed by atoms with Crippen LogP contribution in [0.1, 0.15) is 5.56 Å². The van der Waals surface area contributed by atoms with Gasteiger partial charge in [0.05, 0.1) is 25.9 Å². The second-order valence-electron chi connectivity index (χ2n) is 3.60. The van der Waals surface area contributed by atoms with Crippen LogP contribution in [0.5, 0.6) is 5.75 Å². The number of ether oxygens (including phenoxy) is 2. The summed E-state index contributed by atoms with van der Waals surface area (Å²) in [6, 6.07) is 7.76. The molecule has 1 saturated heterocycles. The van der Waals surface area contributed by atoms with E-state index in [2.05, 4.69) is 11.0 Å². The largest absolute Gasteiger partial charge is 0.495 e. The summed E-state index contributed by atoms with van der Waals surface area (Å²) in [4.78, 5) is 2.23. The smallest absolute Gasteiger partial charge is 0.138 e. The molecule has 0 atom stereocenters. The van der Waals surface area contributed by atoms with E-state index in [1.54, 1.807) is 13.2 Å². The molecule has 1 aromatic rings. The van der Waals surface area contributed by atoms with Gasteiger partial charge in [-0.3, -0.25) is 0 Å². The van der Waals surface area contributed by atoms with E-state index in [1.807, 2.05) is 12.1 Å². The molecule has 1 aromatic carbocycles. The topological polar surface area (TPSA) is 45.5 Å². The van der Waals surface area contributed by atoms with Crippen LogP contribution in [0.25, 0.3) is 0 Å². The third kappa shape index (κ3) is 2.10. The van der Waals surface area contributed by atoms with Crippen molar-refractivity contribution in [3.63, 3.8) is 0 Å². The van der Waals surface area contributed by atoms with Crippen LogP contribution in [0.4, 0.5) is 5.69 Å². The van der Waals surface area contributed by atoms with Crippen LogP contribution < -0.4 is 9.64 Å². The summed E-state index contributed by atoms with van der Waals surface area (Å²) in [5.74, 6) is 0.631. The molecule has 0 radical (unpaired) electrons. The molecule has 0 aromatic heterocycles. The summed E-state index contributed by atoms with van der Waals surface area (Å²) >= 11 is 0. The van der Waals surface area contributed by atoms with Gasteiger partial charge in [-0.25, -0.2) is 0 Å². The Morgan fingerprint density at radius 3 is 2.75 bits per heavy atom. The molecule has 0 saturated carbocycles. The van der Waals surface area contributed by atoms with Gasteiger partial charge in [0.15, 0.2) is 0 Å². The highest BCUT2D eigenvalue weighted by atomic mass is 16.5. The zero-order valence-corrected chi connectivity index (χ0v) is 9.27. The minimum atomic E-state index is 0.569. The van der Waals surface area contributed by atoms with Crippen LogP contribution >= 0.6 is 0 Å². The van der Waals surface area contributed by atoms with E-state index in [9.17, 15) is 0 Å². The Labute approximate surface area is 95.0 Å². The number of nitriles is 1. The molecule has 1 heterocycles. The summed E-state index contributed by atoms with van der Waals surface area (Å²) in [5.41, 5.74) is 1.65. The molecule has 1 aliphatic rings. The fourth-order valence-corrected chi connectivity index (χ4v) is 1.79. The van der Waals surface area contributed by atoms with Crippen molar-refractivity contribution in [2.45, 2.75) is 0 Å². The highest BCUT2D eigenvalue weighted by Crippen LogP contribution is 2.25. The van der Waals surface area contributed by atoms with Gasteiger partial charge < -0.3 is 14.4 Å². The van der Waals surface area contributed by atoms with Gasteiger partial charge >= 0.3 is 0 Å². The monoisotopic (exact) mass is 218 g/mol. The average molecular weight is 218 g/mol. The first kappa shape index (κ1) is 10.8. The van der Waals surface area contributed by atoms with Crippen LogP contribution in [0.15, 0.2) is 18.2 Å². The lowest BCUT2D eigenvalue weighted by Crippen LogP contribution is -2.36. The molecule has 1 fully saturated rings. The highest BCUT2D eigenvalue weighted by molar-refractivity contribution is 5.57. The number of morpholine rings is 1. The Morgan fingerprint density at radius 1 is 1.38 bits per heavy atom. The lowest BCUT2D eigenvalue weighted by molar-refractivity contribution is 0.122. The van der Waals surface area contributed by atoms with Crippen molar-refractivity contribution in [2.24, 2.45) is 0 Å². The fourth-order valence-electron chi connectivity index (χ4n) is 1.79. The maximum atomic E-state index is 8.89. The van der Waals surface area contributed by atoms with E-state index in [0.29, 0.717) is 11.3 Å². The number of hydrogen-bond acceptors (Lipinski definition) is 4. The Kier molecular flexibility index (Phi) is 3.28. The van der Waals surface area contributed by atoms with E-state index in [0.717, 1.165) is 32.0 Å². The van der Waals surface area contributed by atoms with Crippen molar-refractivity contribution >= 4 is 5.69 Å². The maximum absolute atomic E-state index is 8.89. The first-order valence-corrected chi connectivity index (χ1v) is 5.26. The Hall–Kier alpha value is -1.73. The van der Waals surface area contributed by atoms with Gasteiger partial charge in [0.25, 0.3) is 0 Å². The molecule has 1 aliphatic heterocycles. The molecule has 0 N–H and O–H groups in total. The molecule has 2 rings (SSSR count). The van der Waals surface area contributed by atoms with Crippen molar-refractivity contribution in [1.29, 1.82) is 5.26 Å². The van der Waals surface area contributed by atoms with Gasteiger partial charge in [-0.15, -0.1) is 0 Å². The number of anilines is 1. The summed E-state index contributed by atoms with van der Waals surface area (Å²) in [6.45, 7) is 3.27. The molecule has 0 unspecified atom stereocenters. The van der Waals surface area contributed by atoms with E-state index in [4.69, 9.17) is 14.7 Å². The number of rotatable bonds is 2. The second kappa shape index (κ2) is 4.86. The fraction of sp³-hybridized carbons (Fsp3) is 0.417. The molecule has 0 spiro atoms. The average Bonchev–Trinajstić information content (AvgIpc) is 2.39. The van der Waals surface area contributed by atoms with Crippen molar-refractivity contribution in [3.8, 4) is 11.8 Å². The summed E-state index contributed by atoms with van der Waals surface area (Å²) in [5, 5.41) is 8.89. The van der Waals surface area contributed by atoms with Crippen LogP contribution in [0.2, 0.25) is 0 Å². The van der Waals surface area contributed by atoms with Crippen LogP contribution in [-0.2, 0) is 4.74 Å². The molecular weight excluding hydrogens is 204 g/mol. The van der Waals surface area contributed by atoms with Gasteiger partial charge in [-0.2, -0.15) is 5.26 Å².